The van der Waals surface area contributed by atoms with Crippen molar-refractivity contribution in [1.82, 2.24) is 5.32 Å². The minimum Gasteiger partial charge on any atom is -0.369 e. The quantitative estimate of drug-likeness (QED) is 0.901. The van der Waals surface area contributed by atoms with E-state index in [9.17, 15) is 4.39 Å². The summed E-state index contributed by atoms with van der Waals surface area (Å²) < 4.78 is 13.2. The predicted molar refractivity (Wildman–Crippen MR) is 82.7 cm³/mol. The molecule has 0 aliphatic rings. The minimum absolute atomic E-state index is 0.216. The van der Waals surface area contributed by atoms with E-state index in [0.29, 0.717) is 11.6 Å². The number of rotatable bonds is 5. The summed E-state index contributed by atoms with van der Waals surface area (Å²) in [4.78, 5) is 2.01. The van der Waals surface area contributed by atoms with Crippen LogP contribution in [0.2, 0.25) is 5.02 Å². The van der Waals surface area contributed by atoms with Crippen molar-refractivity contribution in [2.75, 3.05) is 19.0 Å². The Labute approximate surface area is 124 Å². The van der Waals surface area contributed by atoms with Gasteiger partial charge in [0.25, 0.3) is 0 Å². The number of halogens is 2. The van der Waals surface area contributed by atoms with Crippen LogP contribution in [0.1, 0.15) is 11.1 Å². The second-order valence-electron chi connectivity index (χ2n) is 4.80. The van der Waals surface area contributed by atoms with Crippen molar-refractivity contribution in [2.45, 2.75) is 13.1 Å². The van der Waals surface area contributed by atoms with Gasteiger partial charge in [0.1, 0.15) is 5.82 Å². The third-order valence-electron chi connectivity index (χ3n) is 3.11. The molecule has 1 N–H and O–H groups in total. The van der Waals surface area contributed by atoms with Gasteiger partial charge in [0.2, 0.25) is 0 Å². The van der Waals surface area contributed by atoms with Crippen molar-refractivity contribution in [3.05, 3.63) is 64.4 Å². The molecule has 0 heterocycles. The molecule has 0 saturated carbocycles. The molecule has 20 heavy (non-hydrogen) atoms. The second-order valence-corrected chi connectivity index (χ2v) is 5.21. The molecule has 2 aromatic rings. The maximum absolute atomic E-state index is 13.2. The van der Waals surface area contributed by atoms with E-state index < -0.39 is 0 Å². The molecular formula is C16H18ClFN2. The van der Waals surface area contributed by atoms with Gasteiger partial charge in [-0.1, -0.05) is 29.8 Å². The normalized spacial score (nSPS) is 10.6. The largest absolute Gasteiger partial charge is 0.369 e. The second kappa shape index (κ2) is 6.73. The van der Waals surface area contributed by atoms with Crippen LogP contribution in [0.25, 0.3) is 0 Å². The third-order valence-corrected chi connectivity index (χ3v) is 3.42. The minimum atomic E-state index is -0.216. The maximum Gasteiger partial charge on any atom is 0.123 e. The summed E-state index contributed by atoms with van der Waals surface area (Å²) in [6.07, 6.45) is 0. The molecule has 0 saturated heterocycles. The number of anilines is 1. The summed E-state index contributed by atoms with van der Waals surface area (Å²) in [5.41, 5.74) is 3.00. The molecule has 0 bridgehead atoms. The first kappa shape index (κ1) is 14.8. The summed E-state index contributed by atoms with van der Waals surface area (Å²) in [6, 6.07) is 12.6. The maximum atomic E-state index is 13.2. The highest BCUT2D eigenvalue weighted by atomic mass is 35.5. The standard InChI is InChI=1S/C16H18ClFN2/c1-19-10-12-6-7-16(15(17)9-12)20(2)11-13-4-3-5-14(18)8-13/h3-9,19H,10-11H2,1-2H3. The Morgan fingerprint density at radius 3 is 2.60 bits per heavy atom. The lowest BCUT2D eigenvalue weighted by Gasteiger charge is -2.21. The molecular weight excluding hydrogens is 275 g/mol. The first-order valence-electron chi connectivity index (χ1n) is 6.49. The van der Waals surface area contributed by atoms with Crippen LogP contribution < -0.4 is 10.2 Å². The topological polar surface area (TPSA) is 15.3 Å². The molecule has 0 amide bonds. The van der Waals surface area contributed by atoms with E-state index in [1.165, 1.54) is 6.07 Å². The highest BCUT2D eigenvalue weighted by Gasteiger charge is 2.08. The molecule has 0 aliphatic heterocycles. The van der Waals surface area contributed by atoms with E-state index in [1.807, 2.05) is 43.3 Å². The van der Waals surface area contributed by atoms with Crippen LogP contribution in [-0.2, 0) is 13.1 Å². The van der Waals surface area contributed by atoms with E-state index in [1.54, 1.807) is 12.1 Å². The van der Waals surface area contributed by atoms with Crippen LogP contribution in [0.3, 0.4) is 0 Å². The molecule has 0 atom stereocenters. The average molecular weight is 293 g/mol. The highest BCUT2D eigenvalue weighted by Crippen LogP contribution is 2.27. The first-order chi connectivity index (χ1) is 9.60. The Bertz CT molecular complexity index is 586. The van der Waals surface area contributed by atoms with Crippen LogP contribution in [0, 0.1) is 5.82 Å². The number of hydrogen-bond acceptors (Lipinski definition) is 2. The lowest BCUT2D eigenvalue weighted by molar-refractivity contribution is 0.625. The van der Waals surface area contributed by atoms with E-state index in [0.717, 1.165) is 23.4 Å². The van der Waals surface area contributed by atoms with Crippen molar-refractivity contribution >= 4 is 17.3 Å². The monoisotopic (exact) mass is 292 g/mol. The molecule has 106 valence electrons. The highest BCUT2D eigenvalue weighted by molar-refractivity contribution is 6.33. The van der Waals surface area contributed by atoms with E-state index >= 15 is 0 Å². The molecule has 0 fully saturated rings. The zero-order chi connectivity index (χ0) is 14.5. The van der Waals surface area contributed by atoms with Gasteiger partial charge in [-0.05, 0) is 42.4 Å². The Hall–Kier alpha value is -1.58. The zero-order valence-corrected chi connectivity index (χ0v) is 12.4. The zero-order valence-electron chi connectivity index (χ0n) is 11.7. The third kappa shape index (κ3) is 3.71. The van der Waals surface area contributed by atoms with Crippen LogP contribution in [-0.4, -0.2) is 14.1 Å². The van der Waals surface area contributed by atoms with Crippen LogP contribution in [0.4, 0.5) is 10.1 Å². The lowest BCUT2D eigenvalue weighted by atomic mass is 10.1. The van der Waals surface area contributed by atoms with Crippen LogP contribution in [0.5, 0.6) is 0 Å². The molecule has 2 nitrogen and oxygen atoms in total. The fourth-order valence-corrected chi connectivity index (χ4v) is 2.52. The summed E-state index contributed by atoms with van der Waals surface area (Å²) in [5.74, 6) is -0.216. The summed E-state index contributed by atoms with van der Waals surface area (Å²) in [7, 11) is 3.85. The fourth-order valence-electron chi connectivity index (χ4n) is 2.17. The molecule has 0 unspecified atom stereocenters. The molecule has 0 aliphatic carbocycles. The Kier molecular flexibility index (Phi) is 4.99. The fraction of sp³-hybridized carbons (Fsp3) is 0.250. The van der Waals surface area contributed by atoms with Crippen molar-refractivity contribution < 1.29 is 4.39 Å². The van der Waals surface area contributed by atoms with Gasteiger partial charge in [0, 0.05) is 20.1 Å². The number of benzene rings is 2. The number of hydrogen-bond donors (Lipinski definition) is 1. The van der Waals surface area contributed by atoms with Crippen molar-refractivity contribution in [1.29, 1.82) is 0 Å². The van der Waals surface area contributed by atoms with Gasteiger partial charge < -0.3 is 10.2 Å². The molecule has 4 heteroatoms. The summed E-state index contributed by atoms with van der Waals surface area (Å²) in [5, 5.41) is 3.80. The van der Waals surface area contributed by atoms with Crippen molar-refractivity contribution in [2.24, 2.45) is 0 Å². The van der Waals surface area contributed by atoms with Crippen LogP contribution >= 0.6 is 11.6 Å². The Balaban J connectivity index is 2.14. The van der Waals surface area contributed by atoms with Gasteiger partial charge in [0.15, 0.2) is 0 Å². The van der Waals surface area contributed by atoms with Gasteiger partial charge in [-0.15, -0.1) is 0 Å². The number of nitrogens with zero attached hydrogens (tertiary/aromatic N) is 1. The molecule has 0 spiro atoms. The van der Waals surface area contributed by atoms with Gasteiger partial charge in [0.05, 0.1) is 10.7 Å². The van der Waals surface area contributed by atoms with E-state index in [4.69, 9.17) is 11.6 Å². The molecule has 0 aromatic heterocycles. The van der Waals surface area contributed by atoms with Crippen LogP contribution in [0.15, 0.2) is 42.5 Å². The van der Waals surface area contributed by atoms with E-state index in [2.05, 4.69) is 5.32 Å². The summed E-state index contributed by atoms with van der Waals surface area (Å²) in [6.45, 7) is 1.40. The SMILES string of the molecule is CNCc1ccc(N(C)Cc2cccc(F)c2)c(Cl)c1. The smallest absolute Gasteiger partial charge is 0.123 e. The van der Waals surface area contributed by atoms with Crippen molar-refractivity contribution in [3.63, 3.8) is 0 Å². The van der Waals surface area contributed by atoms with Gasteiger partial charge >= 0.3 is 0 Å². The van der Waals surface area contributed by atoms with Gasteiger partial charge in [-0.3, -0.25) is 0 Å². The van der Waals surface area contributed by atoms with E-state index in [-0.39, 0.29) is 5.82 Å². The average Bonchev–Trinajstić information content (AvgIpc) is 2.39. The Morgan fingerprint density at radius 2 is 1.95 bits per heavy atom. The molecule has 2 aromatic carbocycles. The predicted octanol–water partition coefficient (Wildman–Crippen LogP) is 3.83. The van der Waals surface area contributed by atoms with Gasteiger partial charge in [-0.25, -0.2) is 4.39 Å². The molecule has 2 rings (SSSR count). The van der Waals surface area contributed by atoms with Gasteiger partial charge in [-0.2, -0.15) is 0 Å². The Morgan fingerprint density at radius 1 is 1.15 bits per heavy atom. The molecule has 0 radical (unpaired) electrons. The first-order valence-corrected chi connectivity index (χ1v) is 6.86. The lowest BCUT2D eigenvalue weighted by Crippen LogP contribution is -2.17. The summed E-state index contributed by atoms with van der Waals surface area (Å²) >= 11 is 6.31. The number of nitrogens with one attached hydrogen (secondary N) is 1. The van der Waals surface area contributed by atoms with Crippen molar-refractivity contribution in [3.8, 4) is 0 Å².